The van der Waals surface area contributed by atoms with E-state index in [0.717, 1.165) is 12.4 Å². The van der Waals surface area contributed by atoms with Crippen molar-refractivity contribution in [2.45, 2.75) is 19.5 Å². The molecule has 0 fully saturated rings. The SMILES string of the molecule is CCC(N)Nc1nccn1C. The molecule has 0 aromatic carbocycles. The predicted molar refractivity (Wildman–Crippen MR) is 45.1 cm³/mol. The predicted octanol–water partition coefficient (Wildman–Crippen LogP) is 0.527. The maximum Gasteiger partial charge on any atom is 0.203 e. The van der Waals surface area contributed by atoms with Gasteiger partial charge in [-0.25, -0.2) is 4.98 Å². The molecule has 0 saturated carbocycles. The van der Waals surface area contributed by atoms with Crippen LogP contribution in [0.3, 0.4) is 0 Å². The van der Waals surface area contributed by atoms with Crippen molar-refractivity contribution < 1.29 is 0 Å². The molecule has 0 aliphatic rings. The molecular formula is C7H14N4. The molecular weight excluding hydrogens is 140 g/mol. The highest BCUT2D eigenvalue weighted by Gasteiger charge is 2.01. The molecule has 1 aromatic rings. The van der Waals surface area contributed by atoms with E-state index in [-0.39, 0.29) is 6.17 Å². The highest BCUT2D eigenvalue weighted by molar-refractivity contribution is 5.26. The average molecular weight is 154 g/mol. The molecule has 0 spiro atoms. The topological polar surface area (TPSA) is 55.9 Å². The molecule has 1 heterocycles. The third-order valence-corrected chi connectivity index (χ3v) is 1.58. The van der Waals surface area contributed by atoms with Crippen LogP contribution in [0.2, 0.25) is 0 Å². The number of hydrogen-bond donors (Lipinski definition) is 2. The highest BCUT2D eigenvalue weighted by atomic mass is 15.2. The summed E-state index contributed by atoms with van der Waals surface area (Å²) in [7, 11) is 1.93. The first-order valence-corrected chi connectivity index (χ1v) is 3.73. The van der Waals surface area contributed by atoms with E-state index in [9.17, 15) is 0 Å². The number of nitrogens with one attached hydrogen (secondary N) is 1. The van der Waals surface area contributed by atoms with Crippen LogP contribution in [0.25, 0.3) is 0 Å². The minimum atomic E-state index is -0.00361. The van der Waals surface area contributed by atoms with E-state index in [1.807, 2.05) is 24.7 Å². The van der Waals surface area contributed by atoms with E-state index in [0.29, 0.717) is 0 Å². The number of anilines is 1. The molecule has 0 amide bonds. The van der Waals surface area contributed by atoms with Gasteiger partial charge in [-0.2, -0.15) is 0 Å². The summed E-state index contributed by atoms with van der Waals surface area (Å²) in [5.74, 6) is 0.819. The van der Waals surface area contributed by atoms with Crippen molar-refractivity contribution in [3.63, 3.8) is 0 Å². The van der Waals surface area contributed by atoms with Gasteiger partial charge in [-0.05, 0) is 6.42 Å². The highest BCUT2D eigenvalue weighted by Crippen LogP contribution is 2.01. The summed E-state index contributed by atoms with van der Waals surface area (Å²) in [4.78, 5) is 4.08. The van der Waals surface area contributed by atoms with E-state index in [1.165, 1.54) is 0 Å². The smallest absolute Gasteiger partial charge is 0.203 e. The van der Waals surface area contributed by atoms with E-state index in [4.69, 9.17) is 5.73 Å². The lowest BCUT2D eigenvalue weighted by atomic mass is 10.4. The zero-order chi connectivity index (χ0) is 8.27. The van der Waals surface area contributed by atoms with Crippen LogP contribution in [-0.2, 0) is 7.05 Å². The largest absolute Gasteiger partial charge is 0.341 e. The molecule has 4 heteroatoms. The maximum atomic E-state index is 5.67. The van der Waals surface area contributed by atoms with Crippen molar-refractivity contribution in [2.24, 2.45) is 12.8 Å². The van der Waals surface area contributed by atoms with E-state index in [1.54, 1.807) is 6.20 Å². The van der Waals surface area contributed by atoms with Crippen molar-refractivity contribution in [3.8, 4) is 0 Å². The van der Waals surface area contributed by atoms with E-state index in [2.05, 4.69) is 10.3 Å². The van der Waals surface area contributed by atoms with Crippen LogP contribution in [0.5, 0.6) is 0 Å². The Hall–Kier alpha value is -1.03. The first-order chi connectivity index (χ1) is 5.24. The Morgan fingerprint density at radius 2 is 2.55 bits per heavy atom. The molecule has 62 valence electrons. The molecule has 0 saturated heterocycles. The molecule has 0 bridgehead atoms. The summed E-state index contributed by atoms with van der Waals surface area (Å²) < 4.78 is 1.90. The zero-order valence-corrected chi connectivity index (χ0v) is 6.91. The van der Waals surface area contributed by atoms with Crippen molar-refractivity contribution in [3.05, 3.63) is 12.4 Å². The molecule has 4 nitrogen and oxygen atoms in total. The molecule has 0 aliphatic carbocycles. The number of imidazole rings is 1. The fourth-order valence-electron chi connectivity index (χ4n) is 0.773. The van der Waals surface area contributed by atoms with Gasteiger partial charge in [-0.1, -0.05) is 6.92 Å². The third-order valence-electron chi connectivity index (χ3n) is 1.58. The molecule has 1 aromatic heterocycles. The Morgan fingerprint density at radius 1 is 1.82 bits per heavy atom. The van der Waals surface area contributed by atoms with Crippen molar-refractivity contribution in [1.29, 1.82) is 0 Å². The number of rotatable bonds is 3. The van der Waals surface area contributed by atoms with Gasteiger partial charge in [0.15, 0.2) is 0 Å². The summed E-state index contributed by atoms with van der Waals surface area (Å²) in [5, 5.41) is 3.07. The third kappa shape index (κ3) is 1.94. The first kappa shape index (κ1) is 8.07. The number of aryl methyl sites for hydroxylation is 1. The molecule has 0 aliphatic heterocycles. The maximum absolute atomic E-state index is 5.67. The molecule has 1 rings (SSSR count). The summed E-state index contributed by atoms with van der Waals surface area (Å²) in [5.41, 5.74) is 5.67. The van der Waals surface area contributed by atoms with Gasteiger partial charge >= 0.3 is 0 Å². The van der Waals surface area contributed by atoms with Crippen molar-refractivity contribution >= 4 is 5.95 Å². The minimum Gasteiger partial charge on any atom is -0.341 e. The molecule has 11 heavy (non-hydrogen) atoms. The van der Waals surface area contributed by atoms with Gasteiger partial charge in [0.1, 0.15) is 0 Å². The second-order valence-electron chi connectivity index (χ2n) is 2.52. The summed E-state index contributed by atoms with van der Waals surface area (Å²) in [6, 6.07) is 0. The molecule has 1 atom stereocenters. The van der Waals surface area contributed by atoms with Gasteiger partial charge in [0.2, 0.25) is 5.95 Å². The fourth-order valence-corrected chi connectivity index (χ4v) is 0.773. The van der Waals surface area contributed by atoms with Crippen LogP contribution >= 0.6 is 0 Å². The Balaban J connectivity index is 2.56. The zero-order valence-electron chi connectivity index (χ0n) is 6.91. The number of aromatic nitrogens is 2. The van der Waals surface area contributed by atoms with Crippen LogP contribution in [0.15, 0.2) is 12.4 Å². The van der Waals surface area contributed by atoms with Crippen LogP contribution in [0.4, 0.5) is 5.95 Å². The van der Waals surface area contributed by atoms with Crippen LogP contribution < -0.4 is 11.1 Å². The minimum absolute atomic E-state index is 0.00361. The quantitative estimate of drug-likeness (QED) is 0.624. The lowest BCUT2D eigenvalue weighted by Crippen LogP contribution is -2.29. The molecule has 1 unspecified atom stereocenters. The number of nitrogens with two attached hydrogens (primary N) is 1. The number of nitrogens with zero attached hydrogens (tertiary/aromatic N) is 2. The monoisotopic (exact) mass is 154 g/mol. The van der Waals surface area contributed by atoms with Crippen molar-refractivity contribution in [1.82, 2.24) is 9.55 Å². The molecule has 0 radical (unpaired) electrons. The van der Waals surface area contributed by atoms with Gasteiger partial charge in [0.25, 0.3) is 0 Å². The molecule has 3 N–H and O–H groups in total. The Kier molecular flexibility index (Phi) is 2.48. The standard InChI is InChI=1S/C7H14N4/c1-3-6(8)10-7-9-4-5-11(7)2/h4-6H,3,8H2,1-2H3,(H,9,10). The van der Waals surface area contributed by atoms with Crippen LogP contribution in [-0.4, -0.2) is 15.7 Å². The van der Waals surface area contributed by atoms with Gasteiger partial charge in [0.05, 0.1) is 6.17 Å². The fraction of sp³-hybridized carbons (Fsp3) is 0.571. The Bertz CT molecular complexity index is 218. The van der Waals surface area contributed by atoms with Gasteiger partial charge in [-0.15, -0.1) is 0 Å². The van der Waals surface area contributed by atoms with Gasteiger partial charge < -0.3 is 15.6 Å². The van der Waals surface area contributed by atoms with Crippen molar-refractivity contribution in [2.75, 3.05) is 5.32 Å². The Labute approximate surface area is 66.4 Å². The first-order valence-electron chi connectivity index (χ1n) is 3.73. The Morgan fingerprint density at radius 3 is 3.00 bits per heavy atom. The average Bonchev–Trinajstić information content (AvgIpc) is 2.37. The lowest BCUT2D eigenvalue weighted by molar-refractivity contribution is 0.710. The van der Waals surface area contributed by atoms with Crippen LogP contribution in [0.1, 0.15) is 13.3 Å². The summed E-state index contributed by atoms with van der Waals surface area (Å²) in [6.45, 7) is 2.03. The van der Waals surface area contributed by atoms with E-state index < -0.39 is 0 Å². The normalized spacial score (nSPS) is 13.0. The second kappa shape index (κ2) is 3.39. The number of hydrogen-bond acceptors (Lipinski definition) is 3. The summed E-state index contributed by atoms with van der Waals surface area (Å²) >= 11 is 0. The van der Waals surface area contributed by atoms with Gasteiger partial charge in [-0.3, -0.25) is 0 Å². The lowest BCUT2D eigenvalue weighted by Gasteiger charge is -2.11. The second-order valence-corrected chi connectivity index (χ2v) is 2.52. The summed E-state index contributed by atoms with van der Waals surface area (Å²) in [6.07, 6.45) is 4.51. The van der Waals surface area contributed by atoms with E-state index >= 15 is 0 Å². The van der Waals surface area contributed by atoms with Crippen LogP contribution in [0, 0.1) is 0 Å². The van der Waals surface area contributed by atoms with Gasteiger partial charge in [0, 0.05) is 19.4 Å².